The minimum absolute atomic E-state index is 0.125. The first-order chi connectivity index (χ1) is 10.2. The first kappa shape index (κ1) is 13.6. The van der Waals surface area contributed by atoms with E-state index >= 15 is 0 Å². The maximum atomic E-state index is 12.8. The van der Waals surface area contributed by atoms with Gasteiger partial charge < -0.3 is 4.90 Å². The van der Waals surface area contributed by atoms with Crippen LogP contribution in [-0.4, -0.2) is 33.2 Å². The fourth-order valence-corrected chi connectivity index (χ4v) is 3.17. The van der Waals surface area contributed by atoms with Gasteiger partial charge in [0.05, 0.1) is 11.6 Å². The van der Waals surface area contributed by atoms with Crippen molar-refractivity contribution in [2.45, 2.75) is 31.7 Å². The fourth-order valence-electron chi connectivity index (χ4n) is 3.17. The van der Waals surface area contributed by atoms with E-state index in [1.165, 1.54) is 0 Å². The molecule has 0 unspecified atom stereocenters. The van der Waals surface area contributed by atoms with E-state index in [1.54, 1.807) is 9.58 Å². The molecule has 1 aromatic carbocycles. The summed E-state index contributed by atoms with van der Waals surface area (Å²) in [6, 6.07) is 10.00. The SMILES string of the molecule is Cn1nc(C(=O)N(CC#N)C2CCCC2)c2ccccc21. The average molecular weight is 282 g/mol. The lowest BCUT2D eigenvalue weighted by atomic mass is 10.1. The Bertz CT molecular complexity index is 707. The van der Waals surface area contributed by atoms with Crippen molar-refractivity contribution in [1.82, 2.24) is 14.7 Å². The Morgan fingerprint density at radius 3 is 2.86 bits per heavy atom. The molecule has 1 aromatic heterocycles. The number of amides is 1. The maximum Gasteiger partial charge on any atom is 0.276 e. The smallest absolute Gasteiger partial charge is 0.276 e. The molecular weight excluding hydrogens is 264 g/mol. The van der Waals surface area contributed by atoms with Crippen LogP contribution < -0.4 is 0 Å². The Labute approximate surface area is 123 Å². The summed E-state index contributed by atoms with van der Waals surface area (Å²) in [5, 5.41) is 14.3. The van der Waals surface area contributed by atoms with Crippen molar-refractivity contribution in [3.8, 4) is 6.07 Å². The summed E-state index contributed by atoms with van der Waals surface area (Å²) in [4.78, 5) is 14.5. The van der Waals surface area contributed by atoms with Crippen molar-refractivity contribution in [2.24, 2.45) is 7.05 Å². The summed E-state index contributed by atoms with van der Waals surface area (Å²) < 4.78 is 1.72. The third kappa shape index (κ3) is 2.38. The van der Waals surface area contributed by atoms with Crippen LogP contribution >= 0.6 is 0 Å². The minimum atomic E-state index is -0.125. The summed E-state index contributed by atoms with van der Waals surface area (Å²) in [6.45, 7) is 0.133. The minimum Gasteiger partial charge on any atom is -0.321 e. The molecular formula is C16H18N4O. The highest BCUT2D eigenvalue weighted by molar-refractivity contribution is 6.05. The number of benzene rings is 1. The second kappa shape index (κ2) is 5.57. The van der Waals surface area contributed by atoms with E-state index < -0.39 is 0 Å². The molecule has 0 aliphatic heterocycles. The van der Waals surface area contributed by atoms with Crippen LogP contribution in [0.4, 0.5) is 0 Å². The number of para-hydroxylation sites is 1. The zero-order valence-electron chi connectivity index (χ0n) is 12.1. The third-order valence-electron chi connectivity index (χ3n) is 4.23. The van der Waals surface area contributed by atoms with Crippen LogP contribution in [0.1, 0.15) is 36.2 Å². The molecule has 2 aromatic rings. The predicted octanol–water partition coefficient (Wildman–Crippen LogP) is 2.48. The van der Waals surface area contributed by atoms with E-state index in [9.17, 15) is 4.79 Å². The Morgan fingerprint density at radius 2 is 2.14 bits per heavy atom. The van der Waals surface area contributed by atoms with E-state index in [1.807, 2.05) is 31.3 Å². The lowest BCUT2D eigenvalue weighted by Crippen LogP contribution is -2.39. The molecule has 5 nitrogen and oxygen atoms in total. The monoisotopic (exact) mass is 282 g/mol. The molecule has 1 saturated carbocycles. The second-order valence-corrected chi connectivity index (χ2v) is 5.52. The van der Waals surface area contributed by atoms with Gasteiger partial charge in [-0.2, -0.15) is 10.4 Å². The molecule has 1 aliphatic carbocycles. The molecule has 1 aliphatic rings. The summed E-state index contributed by atoms with van der Waals surface area (Å²) in [5.74, 6) is -0.125. The zero-order valence-corrected chi connectivity index (χ0v) is 12.1. The third-order valence-corrected chi connectivity index (χ3v) is 4.23. The molecule has 21 heavy (non-hydrogen) atoms. The number of nitrogens with zero attached hydrogens (tertiary/aromatic N) is 4. The van der Waals surface area contributed by atoms with E-state index in [4.69, 9.17) is 5.26 Å². The van der Waals surface area contributed by atoms with Gasteiger partial charge in [0.1, 0.15) is 6.54 Å². The van der Waals surface area contributed by atoms with Gasteiger partial charge in [0.25, 0.3) is 5.91 Å². The number of aryl methyl sites for hydroxylation is 1. The van der Waals surface area contributed by atoms with Crippen LogP contribution in [0, 0.1) is 11.3 Å². The molecule has 0 bridgehead atoms. The highest BCUT2D eigenvalue weighted by atomic mass is 16.2. The number of rotatable bonds is 3. The van der Waals surface area contributed by atoms with Gasteiger partial charge >= 0.3 is 0 Å². The van der Waals surface area contributed by atoms with Crippen molar-refractivity contribution < 1.29 is 4.79 Å². The van der Waals surface area contributed by atoms with Crippen LogP contribution in [0.3, 0.4) is 0 Å². The van der Waals surface area contributed by atoms with E-state index in [0.29, 0.717) is 5.69 Å². The topological polar surface area (TPSA) is 61.9 Å². The van der Waals surface area contributed by atoms with Crippen LogP contribution in [0.15, 0.2) is 24.3 Å². The van der Waals surface area contributed by atoms with Crippen molar-refractivity contribution in [3.63, 3.8) is 0 Å². The fraction of sp³-hybridized carbons (Fsp3) is 0.438. The lowest BCUT2D eigenvalue weighted by molar-refractivity contribution is 0.0704. The average Bonchev–Trinajstić information content (AvgIpc) is 3.13. The van der Waals surface area contributed by atoms with Crippen molar-refractivity contribution >= 4 is 16.8 Å². The number of carbonyl (C=O) groups excluding carboxylic acids is 1. The van der Waals surface area contributed by atoms with Crippen LogP contribution in [0.2, 0.25) is 0 Å². The second-order valence-electron chi connectivity index (χ2n) is 5.52. The van der Waals surface area contributed by atoms with E-state index in [-0.39, 0.29) is 18.5 Å². The van der Waals surface area contributed by atoms with Gasteiger partial charge in [0.2, 0.25) is 0 Å². The van der Waals surface area contributed by atoms with E-state index in [2.05, 4.69) is 11.2 Å². The van der Waals surface area contributed by atoms with Crippen LogP contribution in [0.5, 0.6) is 0 Å². The number of fused-ring (bicyclic) bond motifs is 1. The Morgan fingerprint density at radius 1 is 1.43 bits per heavy atom. The summed E-state index contributed by atoms with van der Waals surface area (Å²) in [7, 11) is 1.84. The zero-order chi connectivity index (χ0) is 14.8. The molecule has 0 atom stereocenters. The number of carbonyl (C=O) groups is 1. The first-order valence-electron chi connectivity index (χ1n) is 7.32. The standard InChI is InChI=1S/C16H18N4O/c1-19-14-9-5-4-8-13(14)15(18-19)16(21)20(11-10-17)12-6-2-3-7-12/h4-5,8-9,12H,2-3,6-7,11H2,1H3. The van der Waals surface area contributed by atoms with Crippen molar-refractivity contribution in [1.29, 1.82) is 5.26 Å². The normalized spacial score (nSPS) is 15.2. The summed E-state index contributed by atoms with van der Waals surface area (Å²) in [6.07, 6.45) is 4.22. The highest BCUT2D eigenvalue weighted by Gasteiger charge is 2.29. The molecule has 108 valence electrons. The van der Waals surface area contributed by atoms with Gasteiger partial charge in [-0.1, -0.05) is 31.0 Å². The Kier molecular flexibility index (Phi) is 3.61. The molecule has 0 spiro atoms. The quantitative estimate of drug-likeness (QED) is 0.812. The van der Waals surface area contributed by atoms with Gasteiger partial charge in [-0.05, 0) is 18.9 Å². The van der Waals surface area contributed by atoms with Crippen molar-refractivity contribution in [3.05, 3.63) is 30.0 Å². The highest BCUT2D eigenvalue weighted by Crippen LogP contribution is 2.26. The molecule has 5 heteroatoms. The molecule has 0 radical (unpaired) electrons. The van der Waals surface area contributed by atoms with Gasteiger partial charge in [0.15, 0.2) is 5.69 Å². The molecule has 1 fully saturated rings. The maximum absolute atomic E-state index is 12.8. The first-order valence-corrected chi connectivity index (χ1v) is 7.32. The van der Waals surface area contributed by atoms with Gasteiger partial charge in [0, 0.05) is 18.5 Å². The molecule has 1 amide bonds. The van der Waals surface area contributed by atoms with Gasteiger partial charge in [-0.25, -0.2) is 0 Å². The van der Waals surface area contributed by atoms with E-state index in [0.717, 1.165) is 36.6 Å². The Balaban J connectivity index is 2.00. The number of hydrogen-bond acceptors (Lipinski definition) is 3. The lowest BCUT2D eigenvalue weighted by Gasteiger charge is -2.25. The van der Waals surface area contributed by atoms with Crippen LogP contribution in [-0.2, 0) is 7.05 Å². The number of aromatic nitrogens is 2. The Hall–Kier alpha value is -2.35. The summed E-state index contributed by atoms with van der Waals surface area (Å²) >= 11 is 0. The molecule has 0 saturated heterocycles. The number of hydrogen-bond donors (Lipinski definition) is 0. The van der Waals surface area contributed by atoms with Gasteiger partial charge in [-0.3, -0.25) is 9.48 Å². The van der Waals surface area contributed by atoms with Crippen LogP contribution in [0.25, 0.3) is 10.9 Å². The predicted molar refractivity (Wildman–Crippen MR) is 79.6 cm³/mol. The van der Waals surface area contributed by atoms with Crippen molar-refractivity contribution in [2.75, 3.05) is 6.54 Å². The number of nitriles is 1. The largest absolute Gasteiger partial charge is 0.321 e. The van der Waals surface area contributed by atoms with Gasteiger partial charge in [-0.15, -0.1) is 0 Å². The summed E-state index contributed by atoms with van der Waals surface area (Å²) in [5.41, 5.74) is 1.39. The molecule has 3 rings (SSSR count). The molecule has 0 N–H and O–H groups in total. The molecule has 1 heterocycles.